The van der Waals surface area contributed by atoms with Crippen molar-refractivity contribution in [1.82, 2.24) is 4.72 Å². The zero-order valence-electron chi connectivity index (χ0n) is 9.88. The lowest BCUT2D eigenvalue weighted by atomic mass is 10.3. The Hall–Kier alpha value is -0.720. The van der Waals surface area contributed by atoms with Gasteiger partial charge in [0.2, 0.25) is 10.0 Å². The standard InChI is InChI=1S/C11H17NO3S2/c1-3-9(8-16-2)12-17(14,15)11-6-4-5-10(13)7-11/h4-7,9,12-13H,3,8H2,1-2H3. The van der Waals surface area contributed by atoms with Gasteiger partial charge in [-0.2, -0.15) is 11.8 Å². The number of thioether (sulfide) groups is 1. The summed E-state index contributed by atoms with van der Waals surface area (Å²) in [7, 11) is -3.54. The number of nitrogens with one attached hydrogen (secondary N) is 1. The second-order valence-electron chi connectivity index (χ2n) is 3.68. The molecule has 1 aromatic carbocycles. The van der Waals surface area contributed by atoms with Crippen molar-refractivity contribution >= 4 is 21.8 Å². The van der Waals surface area contributed by atoms with Crippen molar-refractivity contribution in [2.75, 3.05) is 12.0 Å². The Labute approximate surface area is 106 Å². The van der Waals surface area contributed by atoms with Gasteiger partial charge < -0.3 is 5.11 Å². The second kappa shape index (κ2) is 6.28. The fourth-order valence-electron chi connectivity index (χ4n) is 1.37. The van der Waals surface area contributed by atoms with Gasteiger partial charge in [0.15, 0.2) is 0 Å². The Morgan fingerprint density at radius 1 is 1.47 bits per heavy atom. The van der Waals surface area contributed by atoms with Crippen LogP contribution in [0.5, 0.6) is 5.75 Å². The smallest absolute Gasteiger partial charge is 0.240 e. The summed E-state index contributed by atoms with van der Waals surface area (Å²) in [4.78, 5) is 0.0945. The Morgan fingerprint density at radius 3 is 2.71 bits per heavy atom. The van der Waals surface area contributed by atoms with Crippen molar-refractivity contribution in [3.8, 4) is 5.75 Å². The van der Waals surface area contributed by atoms with Gasteiger partial charge in [0, 0.05) is 11.8 Å². The highest BCUT2D eigenvalue weighted by atomic mass is 32.2. The topological polar surface area (TPSA) is 66.4 Å². The molecule has 0 radical (unpaired) electrons. The van der Waals surface area contributed by atoms with Crippen molar-refractivity contribution in [1.29, 1.82) is 0 Å². The summed E-state index contributed by atoms with van der Waals surface area (Å²) in [5, 5.41) is 9.27. The number of hydrogen-bond acceptors (Lipinski definition) is 4. The van der Waals surface area contributed by atoms with Gasteiger partial charge in [-0.3, -0.25) is 0 Å². The molecular weight excluding hydrogens is 258 g/mol. The van der Waals surface area contributed by atoms with Crippen molar-refractivity contribution in [2.45, 2.75) is 24.3 Å². The van der Waals surface area contributed by atoms with Gasteiger partial charge >= 0.3 is 0 Å². The normalized spacial score (nSPS) is 13.5. The lowest BCUT2D eigenvalue weighted by Gasteiger charge is -2.15. The van der Waals surface area contributed by atoms with E-state index in [-0.39, 0.29) is 16.7 Å². The van der Waals surface area contributed by atoms with Gasteiger partial charge in [-0.25, -0.2) is 13.1 Å². The lowest BCUT2D eigenvalue weighted by Crippen LogP contribution is -2.36. The van der Waals surface area contributed by atoms with Crippen LogP contribution in [0.25, 0.3) is 0 Å². The summed E-state index contributed by atoms with van der Waals surface area (Å²) >= 11 is 1.60. The molecule has 2 N–H and O–H groups in total. The molecule has 0 aliphatic heterocycles. The molecule has 0 aromatic heterocycles. The molecule has 0 saturated heterocycles. The van der Waals surface area contributed by atoms with Crippen LogP contribution in [0.2, 0.25) is 0 Å². The molecule has 0 amide bonds. The second-order valence-corrected chi connectivity index (χ2v) is 6.30. The molecule has 0 spiro atoms. The van der Waals surface area contributed by atoms with E-state index in [4.69, 9.17) is 0 Å². The molecule has 17 heavy (non-hydrogen) atoms. The minimum atomic E-state index is -3.54. The zero-order valence-corrected chi connectivity index (χ0v) is 11.5. The predicted molar refractivity (Wildman–Crippen MR) is 70.9 cm³/mol. The van der Waals surface area contributed by atoms with Crippen LogP contribution in [0.3, 0.4) is 0 Å². The number of rotatable bonds is 6. The first-order chi connectivity index (χ1) is 7.99. The SMILES string of the molecule is CCC(CSC)NS(=O)(=O)c1cccc(O)c1. The summed E-state index contributed by atoms with van der Waals surface area (Å²) in [6.07, 6.45) is 2.67. The Bertz CT molecular complexity index is 460. The molecule has 4 nitrogen and oxygen atoms in total. The molecular formula is C11H17NO3S2. The molecule has 1 atom stereocenters. The number of sulfonamides is 1. The number of phenols is 1. The third-order valence-electron chi connectivity index (χ3n) is 2.31. The predicted octanol–water partition coefficient (Wildman–Crippen LogP) is 1.81. The summed E-state index contributed by atoms with van der Waals surface area (Å²) < 4.78 is 26.6. The average molecular weight is 275 g/mol. The van der Waals surface area contributed by atoms with E-state index in [1.54, 1.807) is 11.8 Å². The van der Waals surface area contributed by atoms with E-state index in [9.17, 15) is 13.5 Å². The molecule has 1 rings (SSSR count). The van der Waals surface area contributed by atoms with E-state index in [1.165, 1.54) is 24.3 Å². The molecule has 0 heterocycles. The highest BCUT2D eigenvalue weighted by Gasteiger charge is 2.18. The fourth-order valence-corrected chi connectivity index (χ4v) is 3.56. The Morgan fingerprint density at radius 2 is 2.18 bits per heavy atom. The molecule has 96 valence electrons. The van der Waals surface area contributed by atoms with E-state index in [0.29, 0.717) is 0 Å². The fraction of sp³-hybridized carbons (Fsp3) is 0.455. The van der Waals surface area contributed by atoms with Crippen LogP contribution < -0.4 is 4.72 Å². The van der Waals surface area contributed by atoms with E-state index in [1.807, 2.05) is 13.2 Å². The average Bonchev–Trinajstić information content (AvgIpc) is 2.28. The Kier molecular flexibility index (Phi) is 5.30. The first-order valence-electron chi connectivity index (χ1n) is 5.30. The van der Waals surface area contributed by atoms with Crippen molar-refractivity contribution in [2.24, 2.45) is 0 Å². The largest absolute Gasteiger partial charge is 0.508 e. The molecule has 0 aliphatic carbocycles. The van der Waals surface area contributed by atoms with Crippen LogP contribution in [0, 0.1) is 0 Å². The van der Waals surface area contributed by atoms with Crippen molar-refractivity contribution in [3.63, 3.8) is 0 Å². The maximum atomic E-state index is 12.0. The van der Waals surface area contributed by atoms with Gasteiger partial charge in [0.1, 0.15) is 5.75 Å². The van der Waals surface area contributed by atoms with Gasteiger partial charge in [-0.05, 0) is 30.9 Å². The molecule has 0 bridgehead atoms. The van der Waals surface area contributed by atoms with Crippen LogP contribution in [0.15, 0.2) is 29.2 Å². The van der Waals surface area contributed by atoms with Gasteiger partial charge in [-0.15, -0.1) is 0 Å². The van der Waals surface area contributed by atoms with E-state index in [2.05, 4.69) is 4.72 Å². The summed E-state index contributed by atoms with van der Waals surface area (Å²) in [5.41, 5.74) is 0. The minimum absolute atomic E-state index is 0.0502. The number of phenolic OH excluding ortho intramolecular Hbond substituents is 1. The van der Waals surface area contributed by atoms with Crippen LogP contribution in [-0.2, 0) is 10.0 Å². The molecule has 0 fully saturated rings. The van der Waals surface area contributed by atoms with Crippen molar-refractivity contribution in [3.05, 3.63) is 24.3 Å². The summed E-state index contributed by atoms with van der Waals surface area (Å²) in [6.45, 7) is 1.94. The van der Waals surface area contributed by atoms with E-state index < -0.39 is 10.0 Å². The first kappa shape index (κ1) is 14.3. The Balaban J connectivity index is 2.88. The first-order valence-corrected chi connectivity index (χ1v) is 8.17. The number of aromatic hydroxyl groups is 1. The lowest BCUT2D eigenvalue weighted by molar-refractivity contribution is 0.473. The maximum absolute atomic E-state index is 12.0. The molecule has 1 aromatic rings. The zero-order chi connectivity index (χ0) is 12.9. The molecule has 0 aliphatic rings. The molecule has 1 unspecified atom stereocenters. The van der Waals surface area contributed by atoms with E-state index >= 15 is 0 Å². The highest BCUT2D eigenvalue weighted by molar-refractivity contribution is 7.98. The third-order valence-corrected chi connectivity index (χ3v) is 4.56. The third kappa shape index (κ3) is 4.22. The van der Waals surface area contributed by atoms with Gasteiger partial charge in [-0.1, -0.05) is 13.0 Å². The quantitative estimate of drug-likeness (QED) is 0.831. The highest BCUT2D eigenvalue weighted by Crippen LogP contribution is 2.16. The van der Waals surface area contributed by atoms with Crippen molar-refractivity contribution < 1.29 is 13.5 Å². The summed E-state index contributed by atoms with van der Waals surface area (Å²) in [5.74, 6) is 0.681. The molecule has 0 saturated carbocycles. The van der Waals surface area contributed by atoms with Crippen LogP contribution in [0.1, 0.15) is 13.3 Å². The number of benzene rings is 1. The maximum Gasteiger partial charge on any atom is 0.240 e. The van der Waals surface area contributed by atoms with Crippen LogP contribution in [-0.4, -0.2) is 31.6 Å². The van der Waals surface area contributed by atoms with Crippen LogP contribution in [0.4, 0.5) is 0 Å². The van der Waals surface area contributed by atoms with E-state index in [0.717, 1.165) is 12.2 Å². The minimum Gasteiger partial charge on any atom is -0.508 e. The van der Waals surface area contributed by atoms with Crippen LogP contribution >= 0.6 is 11.8 Å². The molecule has 6 heteroatoms. The number of hydrogen-bond donors (Lipinski definition) is 2. The monoisotopic (exact) mass is 275 g/mol. The van der Waals surface area contributed by atoms with Gasteiger partial charge in [0.05, 0.1) is 4.90 Å². The summed E-state index contributed by atoms with van der Waals surface area (Å²) in [6, 6.07) is 5.58. The van der Waals surface area contributed by atoms with Gasteiger partial charge in [0.25, 0.3) is 0 Å².